The summed E-state index contributed by atoms with van der Waals surface area (Å²) < 4.78 is 88.4. The van der Waals surface area contributed by atoms with Crippen LogP contribution in [-0.2, 0) is 31.5 Å². The number of nitrogens with zero attached hydrogens (tertiary/aromatic N) is 1. The maximum absolute atomic E-state index is 13.0. The van der Waals surface area contributed by atoms with Crippen molar-refractivity contribution in [2.45, 2.75) is 25.6 Å². The molecule has 6 nitrogen and oxygen atoms in total. The van der Waals surface area contributed by atoms with Crippen LogP contribution in [0, 0.1) is 0 Å². The first-order valence-corrected chi connectivity index (χ1v) is 9.54. The van der Waals surface area contributed by atoms with E-state index in [0.717, 1.165) is 6.26 Å². The fraction of sp³-hybridized carbons (Fsp3) is 0.273. The fourth-order valence-electron chi connectivity index (χ4n) is 2.82. The summed E-state index contributed by atoms with van der Waals surface area (Å²) in [5.41, 5.74) is -3.45. The summed E-state index contributed by atoms with van der Waals surface area (Å²) in [6.07, 6.45) is -9.71. The standard InChI is InChI=1S/C22H19F6NO5/c1-3-33-20(17-7-5-4-6-16(17)18(12-32-2)19(30)31)34-29-11-13-8-14(21(23,24)25)10-15(9-13)22(26,27)28/h4-12,20H,3H2,1-2H3,(H,30,31). The van der Waals surface area contributed by atoms with Gasteiger partial charge in [-0.3, -0.25) is 0 Å². The summed E-state index contributed by atoms with van der Waals surface area (Å²) in [6, 6.07) is 6.95. The molecule has 0 spiro atoms. The summed E-state index contributed by atoms with van der Waals surface area (Å²) >= 11 is 0. The van der Waals surface area contributed by atoms with Crippen molar-refractivity contribution >= 4 is 17.8 Å². The number of carboxylic acids is 1. The van der Waals surface area contributed by atoms with Crippen molar-refractivity contribution in [1.82, 2.24) is 0 Å². The normalized spacial score (nSPS) is 13.7. The number of hydrogen-bond donors (Lipinski definition) is 1. The maximum atomic E-state index is 13.0. The van der Waals surface area contributed by atoms with Crippen molar-refractivity contribution in [3.8, 4) is 0 Å². The van der Waals surface area contributed by atoms with Gasteiger partial charge in [-0.25, -0.2) is 4.79 Å². The van der Waals surface area contributed by atoms with Crippen molar-refractivity contribution in [2.75, 3.05) is 13.7 Å². The zero-order chi connectivity index (χ0) is 25.5. The van der Waals surface area contributed by atoms with E-state index in [0.29, 0.717) is 18.3 Å². The zero-order valence-electron chi connectivity index (χ0n) is 17.8. The molecule has 0 radical (unpaired) electrons. The molecule has 2 aromatic carbocycles. The SMILES string of the molecule is CCOC(ON=Cc1cc(C(F)(F)F)cc(C(F)(F)F)c1)c1ccccc1C(=COC)C(=O)O. The molecule has 0 bridgehead atoms. The number of benzene rings is 2. The lowest BCUT2D eigenvalue weighted by molar-refractivity contribution is -0.144. The molecular formula is C22H19F6NO5. The molecule has 0 saturated heterocycles. The molecule has 0 aromatic heterocycles. The van der Waals surface area contributed by atoms with Crippen LogP contribution in [0.5, 0.6) is 0 Å². The predicted octanol–water partition coefficient (Wildman–Crippen LogP) is 5.88. The molecule has 0 aliphatic carbocycles. The number of ether oxygens (including phenoxy) is 2. The van der Waals surface area contributed by atoms with Gasteiger partial charge in [-0.05, 0) is 30.7 Å². The second kappa shape index (κ2) is 11.1. The van der Waals surface area contributed by atoms with Gasteiger partial charge >= 0.3 is 18.3 Å². The topological polar surface area (TPSA) is 77.3 Å². The summed E-state index contributed by atoms with van der Waals surface area (Å²) in [5.74, 6) is -1.32. The number of rotatable bonds is 9. The molecular weight excluding hydrogens is 472 g/mol. The Balaban J connectivity index is 2.43. The Kier molecular flexibility index (Phi) is 8.68. The summed E-state index contributed by atoms with van der Waals surface area (Å²) in [7, 11) is 1.25. The Morgan fingerprint density at radius 1 is 1.06 bits per heavy atom. The van der Waals surface area contributed by atoms with Gasteiger partial charge in [-0.1, -0.05) is 29.4 Å². The van der Waals surface area contributed by atoms with Gasteiger partial charge in [-0.15, -0.1) is 0 Å². The highest BCUT2D eigenvalue weighted by Crippen LogP contribution is 2.36. The van der Waals surface area contributed by atoms with E-state index >= 15 is 0 Å². The van der Waals surface area contributed by atoms with Crippen LogP contribution in [0.1, 0.15) is 41.0 Å². The van der Waals surface area contributed by atoms with E-state index in [4.69, 9.17) is 14.3 Å². The first-order chi connectivity index (χ1) is 15.9. The van der Waals surface area contributed by atoms with Crippen LogP contribution < -0.4 is 0 Å². The molecule has 2 aromatic rings. The highest BCUT2D eigenvalue weighted by atomic mass is 19.4. The van der Waals surface area contributed by atoms with Gasteiger partial charge in [0.05, 0.1) is 30.7 Å². The highest BCUT2D eigenvalue weighted by Gasteiger charge is 2.36. The molecule has 0 aliphatic rings. The Hall–Kier alpha value is -3.54. The van der Waals surface area contributed by atoms with E-state index in [1.54, 1.807) is 19.1 Å². The Morgan fingerprint density at radius 2 is 1.65 bits per heavy atom. The van der Waals surface area contributed by atoms with E-state index in [2.05, 4.69) is 5.16 Å². The minimum Gasteiger partial charge on any atom is -0.503 e. The van der Waals surface area contributed by atoms with Crippen LogP contribution in [0.15, 0.2) is 53.9 Å². The molecule has 0 saturated carbocycles. The number of methoxy groups -OCH3 is 1. The van der Waals surface area contributed by atoms with E-state index in [1.165, 1.54) is 19.2 Å². The molecule has 0 fully saturated rings. The zero-order valence-corrected chi connectivity index (χ0v) is 17.8. The summed E-state index contributed by atoms with van der Waals surface area (Å²) in [5, 5.41) is 13.0. The maximum Gasteiger partial charge on any atom is 0.416 e. The average molecular weight is 491 g/mol. The van der Waals surface area contributed by atoms with Gasteiger partial charge in [-0.2, -0.15) is 26.3 Å². The number of carboxylic acid groups (broad SMARTS) is 1. The smallest absolute Gasteiger partial charge is 0.416 e. The van der Waals surface area contributed by atoms with E-state index in [-0.39, 0.29) is 29.4 Å². The quantitative estimate of drug-likeness (QED) is 0.118. The minimum absolute atomic E-state index is 0.00694. The van der Waals surface area contributed by atoms with Crippen LogP contribution in [0.3, 0.4) is 0 Å². The third-order valence-electron chi connectivity index (χ3n) is 4.26. The van der Waals surface area contributed by atoms with Crippen molar-refractivity contribution in [3.63, 3.8) is 0 Å². The lowest BCUT2D eigenvalue weighted by Gasteiger charge is -2.18. The molecule has 0 heterocycles. The molecule has 2 rings (SSSR count). The molecule has 1 atom stereocenters. The number of carbonyl (C=O) groups is 1. The van der Waals surface area contributed by atoms with Crippen molar-refractivity contribution in [1.29, 1.82) is 0 Å². The van der Waals surface area contributed by atoms with Crippen molar-refractivity contribution < 1.29 is 50.6 Å². The first kappa shape index (κ1) is 26.7. The van der Waals surface area contributed by atoms with E-state index in [9.17, 15) is 36.2 Å². The minimum atomic E-state index is -5.02. The number of alkyl halides is 6. The summed E-state index contributed by atoms with van der Waals surface area (Å²) in [6.45, 7) is 1.65. The first-order valence-electron chi connectivity index (χ1n) is 9.54. The fourth-order valence-corrected chi connectivity index (χ4v) is 2.82. The van der Waals surface area contributed by atoms with Crippen LogP contribution in [0.4, 0.5) is 26.3 Å². The lowest BCUT2D eigenvalue weighted by atomic mass is 10.00. The van der Waals surface area contributed by atoms with Gasteiger partial charge in [0.25, 0.3) is 6.29 Å². The van der Waals surface area contributed by atoms with Gasteiger partial charge in [0.1, 0.15) is 5.57 Å². The van der Waals surface area contributed by atoms with Gasteiger partial charge in [0.15, 0.2) is 0 Å². The third-order valence-corrected chi connectivity index (χ3v) is 4.26. The lowest BCUT2D eigenvalue weighted by Crippen LogP contribution is -2.12. The van der Waals surface area contributed by atoms with Gasteiger partial charge in [0, 0.05) is 17.7 Å². The predicted molar refractivity (Wildman–Crippen MR) is 109 cm³/mol. The molecule has 1 unspecified atom stereocenters. The molecule has 12 heteroatoms. The molecule has 34 heavy (non-hydrogen) atoms. The van der Waals surface area contributed by atoms with E-state index in [1.807, 2.05) is 0 Å². The molecule has 184 valence electrons. The Morgan fingerprint density at radius 3 is 2.15 bits per heavy atom. The van der Waals surface area contributed by atoms with Crippen molar-refractivity contribution in [3.05, 3.63) is 76.5 Å². The van der Waals surface area contributed by atoms with Crippen LogP contribution in [0.2, 0.25) is 0 Å². The number of hydrogen-bond acceptors (Lipinski definition) is 5. The van der Waals surface area contributed by atoms with Crippen molar-refractivity contribution in [2.24, 2.45) is 5.16 Å². The monoisotopic (exact) mass is 491 g/mol. The van der Waals surface area contributed by atoms with E-state index < -0.39 is 41.3 Å². The Labute approximate surface area is 190 Å². The largest absolute Gasteiger partial charge is 0.503 e. The van der Waals surface area contributed by atoms with Crippen LogP contribution in [0.25, 0.3) is 5.57 Å². The molecule has 0 amide bonds. The van der Waals surface area contributed by atoms with Gasteiger partial charge in [0.2, 0.25) is 0 Å². The second-order valence-electron chi connectivity index (χ2n) is 6.63. The highest BCUT2D eigenvalue weighted by molar-refractivity contribution is 6.15. The Bertz CT molecular complexity index is 1030. The second-order valence-corrected chi connectivity index (χ2v) is 6.63. The number of aliphatic carboxylic acids is 1. The van der Waals surface area contributed by atoms with Crippen LogP contribution in [-0.4, -0.2) is 31.0 Å². The molecule has 1 N–H and O–H groups in total. The third kappa shape index (κ3) is 6.98. The molecule has 0 aliphatic heterocycles. The number of oxime groups is 1. The van der Waals surface area contributed by atoms with Gasteiger partial charge < -0.3 is 19.4 Å². The average Bonchev–Trinajstić information content (AvgIpc) is 2.75. The van der Waals surface area contributed by atoms with Crippen LogP contribution >= 0.6 is 0 Å². The summed E-state index contributed by atoms with van der Waals surface area (Å²) in [4.78, 5) is 16.8. The number of halogens is 6.